The lowest BCUT2D eigenvalue weighted by Gasteiger charge is -2.35. The molecule has 0 aromatic heterocycles. The van der Waals surface area contributed by atoms with Crippen molar-refractivity contribution in [2.75, 3.05) is 0 Å². The molecule has 1 aliphatic rings. The van der Waals surface area contributed by atoms with Gasteiger partial charge < -0.3 is 5.32 Å². The van der Waals surface area contributed by atoms with Gasteiger partial charge in [0.05, 0.1) is 0 Å². The molecule has 2 rings (SSSR count). The SMILES string of the molecule is CC(C)Cc1ccc(C(C)NC2CCC(C)CC2C)cc1. The van der Waals surface area contributed by atoms with Crippen LogP contribution in [-0.2, 0) is 6.42 Å². The topological polar surface area (TPSA) is 12.0 Å². The van der Waals surface area contributed by atoms with Crippen molar-refractivity contribution < 1.29 is 0 Å². The first-order chi connectivity index (χ1) is 9.95. The van der Waals surface area contributed by atoms with Gasteiger partial charge in [0.1, 0.15) is 0 Å². The highest BCUT2D eigenvalue weighted by atomic mass is 15.0. The summed E-state index contributed by atoms with van der Waals surface area (Å²) in [6, 6.07) is 10.4. The highest BCUT2D eigenvalue weighted by Gasteiger charge is 2.26. The lowest BCUT2D eigenvalue weighted by atomic mass is 9.79. The maximum atomic E-state index is 3.87. The van der Waals surface area contributed by atoms with Crippen molar-refractivity contribution in [3.8, 4) is 0 Å². The van der Waals surface area contributed by atoms with Crippen LogP contribution >= 0.6 is 0 Å². The lowest BCUT2D eigenvalue weighted by Crippen LogP contribution is -2.40. The summed E-state index contributed by atoms with van der Waals surface area (Å²) in [4.78, 5) is 0. The van der Waals surface area contributed by atoms with Gasteiger partial charge in [-0.25, -0.2) is 0 Å². The van der Waals surface area contributed by atoms with E-state index in [1.807, 2.05) is 0 Å². The predicted molar refractivity (Wildman–Crippen MR) is 92.5 cm³/mol. The van der Waals surface area contributed by atoms with E-state index < -0.39 is 0 Å². The minimum absolute atomic E-state index is 0.457. The highest BCUT2D eigenvalue weighted by molar-refractivity contribution is 5.25. The van der Waals surface area contributed by atoms with E-state index in [0.29, 0.717) is 12.1 Å². The first-order valence-corrected chi connectivity index (χ1v) is 8.80. The summed E-state index contributed by atoms with van der Waals surface area (Å²) in [7, 11) is 0. The molecule has 1 aliphatic carbocycles. The standard InChI is InChI=1S/C20H33N/c1-14(2)12-18-7-9-19(10-8-18)17(5)21-20-11-6-15(3)13-16(20)4/h7-10,14-17,20-21H,6,11-13H2,1-5H3. The third-order valence-corrected chi connectivity index (χ3v) is 5.02. The van der Waals surface area contributed by atoms with Crippen LogP contribution in [0.3, 0.4) is 0 Å². The molecule has 0 saturated heterocycles. The average molecular weight is 287 g/mol. The van der Waals surface area contributed by atoms with Gasteiger partial charge in [-0.15, -0.1) is 0 Å². The van der Waals surface area contributed by atoms with Crippen LogP contribution in [0, 0.1) is 17.8 Å². The third kappa shape index (κ3) is 4.85. The van der Waals surface area contributed by atoms with Crippen molar-refractivity contribution in [3.63, 3.8) is 0 Å². The molecular formula is C20H33N. The molecule has 1 saturated carbocycles. The maximum absolute atomic E-state index is 3.87. The molecule has 0 radical (unpaired) electrons. The fourth-order valence-electron chi connectivity index (χ4n) is 3.74. The quantitative estimate of drug-likeness (QED) is 0.768. The van der Waals surface area contributed by atoms with Gasteiger partial charge in [0, 0.05) is 12.1 Å². The molecule has 4 unspecified atom stereocenters. The van der Waals surface area contributed by atoms with Gasteiger partial charge in [0.15, 0.2) is 0 Å². The zero-order valence-corrected chi connectivity index (χ0v) is 14.5. The molecule has 1 fully saturated rings. The minimum Gasteiger partial charge on any atom is -0.307 e. The van der Waals surface area contributed by atoms with Crippen molar-refractivity contribution in [2.45, 2.75) is 72.4 Å². The first kappa shape index (κ1) is 16.5. The van der Waals surface area contributed by atoms with Crippen molar-refractivity contribution >= 4 is 0 Å². The summed E-state index contributed by atoms with van der Waals surface area (Å²) >= 11 is 0. The molecule has 0 spiro atoms. The van der Waals surface area contributed by atoms with Gasteiger partial charge >= 0.3 is 0 Å². The lowest BCUT2D eigenvalue weighted by molar-refractivity contribution is 0.216. The Kier molecular flexibility index (Phi) is 5.87. The van der Waals surface area contributed by atoms with E-state index >= 15 is 0 Å². The van der Waals surface area contributed by atoms with Crippen LogP contribution < -0.4 is 5.32 Å². The predicted octanol–water partition coefficient (Wildman–Crippen LogP) is 5.36. The van der Waals surface area contributed by atoms with Crippen LogP contribution in [0.15, 0.2) is 24.3 Å². The van der Waals surface area contributed by atoms with E-state index in [2.05, 4.69) is 64.2 Å². The molecule has 118 valence electrons. The summed E-state index contributed by atoms with van der Waals surface area (Å²) in [5, 5.41) is 3.87. The summed E-state index contributed by atoms with van der Waals surface area (Å²) in [5.41, 5.74) is 2.88. The van der Waals surface area contributed by atoms with Crippen molar-refractivity contribution in [3.05, 3.63) is 35.4 Å². The average Bonchev–Trinajstić information content (AvgIpc) is 2.42. The molecular weight excluding hydrogens is 254 g/mol. The normalized spacial score (nSPS) is 27.8. The Morgan fingerprint density at radius 2 is 1.71 bits per heavy atom. The van der Waals surface area contributed by atoms with Crippen LogP contribution in [0.1, 0.15) is 71.0 Å². The van der Waals surface area contributed by atoms with Gasteiger partial charge in [-0.3, -0.25) is 0 Å². The van der Waals surface area contributed by atoms with E-state index in [9.17, 15) is 0 Å². The van der Waals surface area contributed by atoms with Gasteiger partial charge in [0.2, 0.25) is 0 Å². The Bertz CT molecular complexity index is 420. The summed E-state index contributed by atoms with van der Waals surface area (Å²) in [5.74, 6) is 2.44. The van der Waals surface area contributed by atoms with E-state index in [1.165, 1.54) is 36.8 Å². The van der Waals surface area contributed by atoms with Gasteiger partial charge in [0.25, 0.3) is 0 Å². The molecule has 0 amide bonds. The number of nitrogens with one attached hydrogen (secondary N) is 1. The van der Waals surface area contributed by atoms with Crippen molar-refractivity contribution in [2.24, 2.45) is 17.8 Å². The Morgan fingerprint density at radius 1 is 1.05 bits per heavy atom. The van der Waals surface area contributed by atoms with Crippen LogP contribution in [0.25, 0.3) is 0 Å². The molecule has 0 aliphatic heterocycles. The Morgan fingerprint density at radius 3 is 2.29 bits per heavy atom. The van der Waals surface area contributed by atoms with Gasteiger partial charge in [-0.2, -0.15) is 0 Å². The molecule has 1 nitrogen and oxygen atoms in total. The van der Waals surface area contributed by atoms with Gasteiger partial charge in [-0.1, -0.05) is 52.0 Å². The Balaban J connectivity index is 1.92. The minimum atomic E-state index is 0.457. The molecule has 21 heavy (non-hydrogen) atoms. The number of hydrogen-bond donors (Lipinski definition) is 1. The molecule has 1 aromatic rings. The Hall–Kier alpha value is -0.820. The van der Waals surface area contributed by atoms with Crippen molar-refractivity contribution in [1.29, 1.82) is 0 Å². The number of hydrogen-bond acceptors (Lipinski definition) is 1. The summed E-state index contributed by atoms with van der Waals surface area (Å²) in [6.07, 6.45) is 5.26. The largest absolute Gasteiger partial charge is 0.307 e. The summed E-state index contributed by atoms with van der Waals surface area (Å²) < 4.78 is 0. The van der Waals surface area contributed by atoms with Crippen LogP contribution in [-0.4, -0.2) is 6.04 Å². The van der Waals surface area contributed by atoms with Crippen LogP contribution in [0.4, 0.5) is 0 Å². The second kappa shape index (κ2) is 7.45. The van der Waals surface area contributed by atoms with Crippen LogP contribution in [0.2, 0.25) is 0 Å². The van der Waals surface area contributed by atoms with E-state index in [0.717, 1.165) is 17.8 Å². The molecule has 1 N–H and O–H groups in total. The number of rotatable bonds is 5. The van der Waals surface area contributed by atoms with Crippen molar-refractivity contribution in [1.82, 2.24) is 5.32 Å². The fourth-order valence-corrected chi connectivity index (χ4v) is 3.74. The second-order valence-electron chi connectivity index (χ2n) is 7.73. The molecule has 1 aromatic carbocycles. The molecule has 0 heterocycles. The molecule has 0 bridgehead atoms. The van der Waals surface area contributed by atoms with Crippen LogP contribution in [0.5, 0.6) is 0 Å². The highest BCUT2D eigenvalue weighted by Crippen LogP contribution is 2.30. The molecule has 4 atom stereocenters. The van der Waals surface area contributed by atoms with Gasteiger partial charge in [-0.05, 0) is 61.5 Å². The molecule has 1 heteroatoms. The smallest absolute Gasteiger partial charge is 0.0294 e. The monoisotopic (exact) mass is 287 g/mol. The fraction of sp³-hybridized carbons (Fsp3) is 0.700. The first-order valence-electron chi connectivity index (χ1n) is 8.80. The number of benzene rings is 1. The zero-order chi connectivity index (χ0) is 15.4. The summed E-state index contributed by atoms with van der Waals surface area (Å²) in [6.45, 7) is 11.7. The third-order valence-electron chi connectivity index (χ3n) is 5.02. The zero-order valence-electron chi connectivity index (χ0n) is 14.5. The van der Waals surface area contributed by atoms with E-state index in [-0.39, 0.29) is 0 Å². The Labute approximate surface area is 131 Å². The second-order valence-corrected chi connectivity index (χ2v) is 7.73. The maximum Gasteiger partial charge on any atom is 0.0294 e. The van der Waals surface area contributed by atoms with E-state index in [1.54, 1.807) is 0 Å². The van der Waals surface area contributed by atoms with E-state index in [4.69, 9.17) is 0 Å².